The minimum atomic E-state index is -0.843. The molecule has 0 aliphatic carbocycles. The zero-order valence-corrected chi connectivity index (χ0v) is 11.3. The lowest BCUT2D eigenvalue weighted by atomic mass is 9.89. The van der Waals surface area contributed by atoms with Crippen molar-refractivity contribution in [3.8, 4) is 0 Å². The number of piperidine rings is 1. The summed E-state index contributed by atoms with van der Waals surface area (Å²) in [6, 6.07) is 7.96. The molecule has 0 saturated carbocycles. The number of nitrogens with one attached hydrogen (secondary N) is 1. The van der Waals surface area contributed by atoms with Crippen molar-refractivity contribution in [2.45, 2.75) is 31.0 Å². The van der Waals surface area contributed by atoms with Gasteiger partial charge in [-0.2, -0.15) is 12.6 Å². The Morgan fingerprint density at radius 1 is 1.17 bits per heavy atom. The molecule has 1 aliphatic rings. The molecule has 0 radical (unpaired) electrons. The molecule has 1 fully saturated rings. The summed E-state index contributed by atoms with van der Waals surface area (Å²) >= 11 is 3.99. The molecule has 1 aromatic rings. The fraction of sp³-hybridized carbons (Fsp3) is 0.571. The number of hydrogen-bond donors (Lipinski definition) is 4. The molecular formula is C14H21NO2S. The second kappa shape index (κ2) is 6.57. The van der Waals surface area contributed by atoms with Gasteiger partial charge in [0.2, 0.25) is 0 Å². The molecule has 2 unspecified atom stereocenters. The van der Waals surface area contributed by atoms with E-state index < -0.39 is 12.2 Å². The van der Waals surface area contributed by atoms with E-state index in [9.17, 15) is 10.2 Å². The first-order valence-electron chi connectivity index (χ1n) is 6.50. The maximum absolute atomic E-state index is 9.88. The van der Waals surface area contributed by atoms with Gasteiger partial charge in [-0.05, 0) is 43.0 Å². The summed E-state index contributed by atoms with van der Waals surface area (Å²) in [7, 11) is 0. The number of rotatable bonds is 4. The average Bonchev–Trinajstić information content (AvgIpc) is 2.47. The highest BCUT2D eigenvalue weighted by Gasteiger charge is 2.18. The van der Waals surface area contributed by atoms with Crippen LogP contribution in [0.5, 0.6) is 0 Å². The fourth-order valence-corrected chi connectivity index (χ4v) is 2.64. The minimum Gasteiger partial charge on any atom is -0.389 e. The van der Waals surface area contributed by atoms with Gasteiger partial charge in [0.15, 0.2) is 0 Å². The molecule has 3 N–H and O–H groups in total. The van der Waals surface area contributed by atoms with Gasteiger partial charge in [-0.1, -0.05) is 24.3 Å². The summed E-state index contributed by atoms with van der Waals surface area (Å²) in [4.78, 5) is 0. The van der Waals surface area contributed by atoms with E-state index >= 15 is 0 Å². The summed E-state index contributed by atoms with van der Waals surface area (Å²) in [5.74, 6) is 0.879. The summed E-state index contributed by atoms with van der Waals surface area (Å²) in [5, 5.41) is 22.8. The van der Waals surface area contributed by atoms with Crippen LogP contribution in [-0.2, 0) is 0 Å². The Labute approximate surface area is 114 Å². The van der Waals surface area contributed by atoms with E-state index in [1.54, 1.807) is 0 Å². The van der Waals surface area contributed by atoms with Gasteiger partial charge in [0.25, 0.3) is 0 Å². The van der Waals surface area contributed by atoms with Crippen LogP contribution in [0.2, 0.25) is 0 Å². The van der Waals surface area contributed by atoms with Gasteiger partial charge in [-0.15, -0.1) is 0 Å². The molecule has 0 aromatic heterocycles. The van der Waals surface area contributed by atoms with Crippen LogP contribution in [0, 0.1) is 0 Å². The molecule has 2 rings (SSSR count). The van der Waals surface area contributed by atoms with E-state index in [2.05, 4.69) is 30.1 Å². The maximum atomic E-state index is 9.88. The Kier molecular flexibility index (Phi) is 5.06. The second-order valence-electron chi connectivity index (χ2n) is 4.89. The summed E-state index contributed by atoms with van der Waals surface area (Å²) < 4.78 is 0. The van der Waals surface area contributed by atoms with Gasteiger partial charge in [0.1, 0.15) is 6.10 Å². The van der Waals surface area contributed by atoms with Gasteiger partial charge in [-0.25, -0.2) is 0 Å². The SMILES string of the molecule is OC(CS)C(O)c1ccc(C2CCNCC2)cc1. The Morgan fingerprint density at radius 3 is 2.33 bits per heavy atom. The van der Waals surface area contributed by atoms with Crippen LogP contribution in [-0.4, -0.2) is 35.2 Å². The molecule has 0 spiro atoms. The molecule has 2 atom stereocenters. The molecule has 100 valence electrons. The largest absolute Gasteiger partial charge is 0.389 e. The first-order chi connectivity index (χ1) is 8.72. The molecule has 3 nitrogen and oxygen atoms in total. The van der Waals surface area contributed by atoms with Crippen molar-refractivity contribution in [1.29, 1.82) is 0 Å². The van der Waals surface area contributed by atoms with Gasteiger partial charge in [0.05, 0.1) is 6.10 Å². The van der Waals surface area contributed by atoms with Crippen molar-refractivity contribution in [3.63, 3.8) is 0 Å². The molecule has 4 heteroatoms. The van der Waals surface area contributed by atoms with Crippen LogP contribution in [0.3, 0.4) is 0 Å². The van der Waals surface area contributed by atoms with Crippen LogP contribution < -0.4 is 5.32 Å². The smallest absolute Gasteiger partial charge is 0.106 e. The Hall–Kier alpha value is -0.550. The van der Waals surface area contributed by atoms with Crippen molar-refractivity contribution in [2.75, 3.05) is 18.8 Å². The Balaban J connectivity index is 2.04. The quantitative estimate of drug-likeness (QED) is 0.625. The summed E-state index contributed by atoms with van der Waals surface area (Å²) in [5.41, 5.74) is 2.09. The second-order valence-corrected chi connectivity index (χ2v) is 5.25. The zero-order chi connectivity index (χ0) is 13.0. The number of thiol groups is 1. The zero-order valence-electron chi connectivity index (χ0n) is 10.4. The summed E-state index contributed by atoms with van der Waals surface area (Å²) in [6.07, 6.45) is 0.685. The van der Waals surface area contributed by atoms with Crippen molar-refractivity contribution in [1.82, 2.24) is 5.32 Å². The number of hydrogen-bond acceptors (Lipinski definition) is 4. The predicted molar refractivity (Wildman–Crippen MR) is 76.1 cm³/mol. The molecule has 1 heterocycles. The summed E-state index contributed by atoms with van der Waals surface area (Å²) in [6.45, 7) is 2.15. The lowest BCUT2D eigenvalue weighted by Gasteiger charge is -2.23. The lowest BCUT2D eigenvalue weighted by Crippen LogP contribution is -2.26. The average molecular weight is 267 g/mol. The topological polar surface area (TPSA) is 52.5 Å². The molecule has 0 amide bonds. The highest BCUT2D eigenvalue weighted by atomic mass is 32.1. The molecule has 1 aromatic carbocycles. The van der Waals surface area contributed by atoms with Crippen LogP contribution in [0.15, 0.2) is 24.3 Å². The van der Waals surface area contributed by atoms with Crippen molar-refractivity contribution in [3.05, 3.63) is 35.4 Å². The van der Waals surface area contributed by atoms with E-state index in [1.165, 1.54) is 18.4 Å². The fourth-order valence-electron chi connectivity index (χ4n) is 2.44. The first kappa shape index (κ1) is 13.9. The highest BCUT2D eigenvalue weighted by molar-refractivity contribution is 7.80. The monoisotopic (exact) mass is 267 g/mol. The van der Waals surface area contributed by atoms with Gasteiger partial charge >= 0.3 is 0 Å². The van der Waals surface area contributed by atoms with Crippen LogP contribution in [0.4, 0.5) is 0 Å². The molecule has 18 heavy (non-hydrogen) atoms. The van der Waals surface area contributed by atoms with E-state index in [4.69, 9.17) is 0 Å². The highest BCUT2D eigenvalue weighted by Crippen LogP contribution is 2.27. The van der Waals surface area contributed by atoms with Crippen LogP contribution in [0.25, 0.3) is 0 Å². The lowest BCUT2D eigenvalue weighted by molar-refractivity contribution is 0.0337. The Morgan fingerprint density at radius 2 is 1.78 bits per heavy atom. The number of aliphatic hydroxyl groups excluding tert-OH is 2. The molecule has 1 aliphatic heterocycles. The van der Waals surface area contributed by atoms with Gasteiger partial charge in [0, 0.05) is 5.75 Å². The molecule has 1 saturated heterocycles. The van der Waals surface area contributed by atoms with E-state index in [0.717, 1.165) is 18.7 Å². The first-order valence-corrected chi connectivity index (χ1v) is 7.13. The maximum Gasteiger partial charge on any atom is 0.106 e. The van der Waals surface area contributed by atoms with Crippen LogP contribution >= 0.6 is 12.6 Å². The van der Waals surface area contributed by atoms with Gasteiger partial charge < -0.3 is 15.5 Å². The number of aliphatic hydroxyl groups is 2. The van der Waals surface area contributed by atoms with E-state index in [0.29, 0.717) is 5.92 Å². The van der Waals surface area contributed by atoms with Crippen molar-refractivity contribution < 1.29 is 10.2 Å². The van der Waals surface area contributed by atoms with Gasteiger partial charge in [-0.3, -0.25) is 0 Å². The molecule has 0 bridgehead atoms. The third kappa shape index (κ3) is 3.26. The minimum absolute atomic E-state index is 0.261. The number of benzene rings is 1. The van der Waals surface area contributed by atoms with E-state index in [-0.39, 0.29) is 5.75 Å². The third-order valence-corrected chi connectivity index (χ3v) is 4.01. The predicted octanol–water partition coefficient (Wildman–Crippen LogP) is 1.48. The van der Waals surface area contributed by atoms with Crippen molar-refractivity contribution in [2.24, 2.45) is 0 Å². The molecular weight excluding hydrogens is 246 g/mol. The standard InChI is InChI=1S/C14H21NO2S/c16-13(9-18)14(17)12-3-1-10(2-4-12)11-5-7-15-8-6-11/h1-4,11,13-18H,5-9H2. The van der Waals surface area contributed by atoms with Crippen molar-refractivity contribution >= 4 is 12.6 Å². The normalized spacial score (nSPS) is 20.6. The Bertz CT molecular complexity index is 342. The third-order valence-electron chi connectivity index (χ3n) is 3.64. The van der Waals surface area contributed by atoms with E-state index in [1.807, 2.05) is 12.1 Å². The van der Waals surface area contributed by atoms with Crippen LogP contribution in [0.1, 0.15) is 36.0 Å².